The molecule has 0 fully saturated rings. The van der Waals surface area contributed by atoms with Gasteiger partial charge in [-0.3, -0.25) is 4.79 Å². The van der Waals surface area contributed by atoms with Gasteiger partial charge in [0.05, 0.1) is 6.61 Å². The Labute approximate surface area is 97.4 Å². The van der Waals surface area contributed by atoms with E-state index in [0.29, 0.717) is 6.42 Å². The molecule has 0 heterocycles. The Morgan fingerprint density at radius 3 is 2.41 bits per heavy atom. The van der Waals surface area contributed by atoms with Crippen LogP contribution in [0.25, 0.3) is 0 Å². The zero-order valence-electron chi connectivity index (χ0n) is 9.28. The summed E-state index contributed by atoms with van der Waals surface area (Å²) in [7, 11) is 0. The number of ether oxygens (including phenoxy) is 1. The lowest BCUT2D eigenvalue weighted by atomic mass is 10.1. The molecule has 0 N–H and O–H groups in total. The van der Waals surface area contributed by atoms with Crippen molar-refractivity contribution in [3.05, 3.63) is 35.6 Å². The molecule has 1 rings (SSSR count). The predicted molar refractivity (Wildman–Crippen MR) is 56.9 cm³/mol. The highest BCUT2D eigenvalue weighted by Crippen LogP contribution is 2.09. The molecule has 3 nitrogen and oxygen atoms in total. The van der Waals surface area contributed by atoms with Crippen LogP contribution in [0.3, 0.4) is 0 Å². The average Bonchev–Trinajstić information content (AvgIpc) is 2.35. The number of carbonyl (C=O) groups excluding carboxylic acids is 2. The summed E-state index contributed by atoms with van der Waals surface area (Å²) in [5, 5.41) is 0. The summed E-state index contributed by atoms with van der Waals surface area (Å²) in [5.74, 6) is -2.77. The van der Waals surface area contributed by atoms with Crippen molar-refractivity contribution in [1.29, 1.82) is 0 Å². The number of Topliss-reactive ketones (excluding diaryl/α,β-unsaturated/α-hetero) is 1. The summed E-state index contributed by atoms with van der Waals surface area (Å²) in [6.45, 7) is 1.82. The standard InChI is InChI=1S/C12H12F2O3/c1-2-7-17-12(16)10(14)11(15)8-3-5-9(13)6-4-8/h3-6,10H,2,7H2,1H3. The molecule has 17 heavy (non-hydrogen) atoms. The molecule has 0 aliphatic rings. The van der Waals surface area contributed by atoms with Gasteiger partial charge in [-0.2, -0.15) is 0 Å². The first-order valence-corrected chi connectivity index (χ1v) is 5.16. The molecule has 0 radical (unpaired) electrons. The van der Waals surface area contributed by atoms with Gasteiger partial charge >= 0.3 is 5.97 Å². The van der Waals surface area contributed by atoms with Crippen molar-refractivity contribution in [3.8, 4) is 0 Å². The minimum atomic E-state index is -2.35. The van der Waals surface area contributed by atoms with Gasteiger partial charge in [0.1, 0.15) is 5.82 Å². The number of halogens is 2. The van der Waals surface area contributed by atoms with Crippen LogP contribution in [-0.4, -0.2) is 24.5 Å². The molecule has 0 amide bonds. The normalized spacial score (nSPS) is 11.9. The average molecular weight is 242 g/mol. The molecule has 5 heteroatoms. The molecule has 0 aromatic heterocycles. The number of rotatable bonds is 5. The van der Waals surface area contributed by atoms with Gasteiger partial charge in [0.15, 0.2) is 0 Å². The van der Waals surface area contributed by atoms with Gasteiger partial charge in [-0.25, -0.2) is 13.6 Å². The highest BCUT2D eigenvalue weighted by atomic mass is 19.1. The minimum absolute atomic E-state index is 0.0626. The Morgan fingerprint density at radius 2 is 1.88 bits per heavy atom. The van der Waals surface area contributed by atoms with E-state index in [1.54, 1.807) is 6.92 Å². The summed E-state index contributed by atoms with van der Waals surface area (Å²) in [6.07, 6.45) is -1.81. The smallest absolute Gasteiger partial charge is 0.349 e. The van der Waals surface area contributed by atoms with E-state index in [-0.39, 0.29) is 12.2 Å². The second-order valence-electron chi connectivity index (χ2n) is 3.40. The quantitative estimate of drug-likeness (QED) is 0.452. The summed E-state index contributed by atoms with van der Waals surface area (Å²) in [6, 6.07) is 4.29. The second-order valence-corrected chi connectivity index (χ2v) is 3.40. The van der Waals surface area contributed by atoms with Gasteiger partial charge in [-0.1, -0.05) is 6.92 Å². The van der Waals surface area contributed by atoms with Crippen molar-refractivity contribution in [3.63, 3.8) is 0 Å². The van der Waals surface area contributed by atoms with Crippen LogP contribution >= 0.6 is 0 Å². The molecule has 1 aromatic rings. The molecule has 0 spiro atoms. The van der Waals surface area contributed by atoms with E-state index in [1.165, 1.54) is 0 Å². The number of ketones is 1. The monoisotopic (exact) mass is 242 g/mol. The van der Waals surface area contributed by atoms with Gasteiger partial charge in [-0.05, 0) is 30.7 Å². The summed E-state index contributed by atoms with van der Waals surface area (Å²) in [4.78, 5) is 22.6. The SMILES string of the molecule is CCCOC(=O)C(F)C(=O)c1ccc(F)cc1. The van der Waals surface area contributed by atoms with Gasteiger partial charge in [0.2, 0.25) is 5.78 Å². The third-order valence-electron chi connectivity index (χ3n) is 2.01. The number of alkyl halides is 1. The van der Waals surface area contributed by atoms with Crippen molar-refractivity contribution in [2.24, 2.45) is 0 Å². The van der Waals surface area contributed by atoms with Crippen molar-refractivity contribution in [2.45, 2.75) is 19.5 Å². The molecule has 1 unspecified atom stereocenters. The zero-order chi connectivity index (χ0) is 12.8. The summed E-state index contributed by atoms with van der Waals surface area (Å²) in [5.41, 5.74) is -0.0626. The molecule has 1 atom stereocenters. The number of hydrogen-bond donors (Lipinski definition) is 0. The summed E-state index contributed by atoms with van der Waals surface area (Å²) < 4.78 is 30.5. The molecule has 0 aliphatic carbocycles. The molecular weight excluding hydrogens is 230 g/mol. The molecule has 1 aromatic carbocycles. The fourth-order valence-electron chi connectivity index (χ4n) is 1.14. The highest BCUT2D eigenvalue weighted by molar-refractivity contribution is 6.11. The lowest BCUT2D eigenvalue weighted by molar-refractivity contribution is -0.147. The first kappa shape index (κ1) is 13.3. The van der Waals surface area contributed by atoms with Crippen molar-refractivity contribution in [2.75, 3.05) is 6.61 Å². The van der Waals surface area contributed by atoms with E-state index >= 15 is 0 Å². The fraction of sp³-hybridized carbons (Fsp3) is 0.333. The Kier molecular flexibility index (Phi) is 4.75. The van der Waals surface area contributed by atoms with Crippen molar-refractivity contribution >= 4 is 11.8 Å². The van der Waals surface area contributed by atoms with Gasteiger partial charge in [-0.15, -0.1) is 0 Å². The van der Waals surface area contributed by atoms with Crippen LogP contribution in [0.15, 0.2) is 24.3 Å². The molecule has 0 saturated carbocycles. The fourth-order valence-corrected chi connectivity index (χ4v) is 1.14. The van der Waals surface area contributed by atoms with Crippen LogP contribution in [0.5, 0.6) is 0 Å². The largest absolute Gasteiger partial charge is 0.463 e. The lowest BCUT2D eigenvalue weighted by Gasteiger charge is -2.07. The Bertz CT molecular complexity index is 401. The first-order chi connectivity index (χ1) is 8.06. The minimum Gasteiger partial charge on any atom is -0.463 e. The molecular formula is C12H12F2O3. The zero-order valence-corrected chi connectivity index (χ0v) is 9.28. The van der Waals surface area contributed by atoms with E-state index < -0.39 is 23.7 Å². The van der Waals surface area contributed by atoms with Crippen LogP contribution in [0, 0.1) is 5.82 Å². The number of benzene rings is 1. The third-order valence-corrected chi connectivity index (χ3v) is 2.01. The van der Waals surface area contributed by atoms with Crippen LogP contribution in [0.1, 0.15) is 23.7 Å². The first-order valence-electron chi connectivity index (χ1n) is 5.16. The summed E-state index contributed by atoms with van der Waals surface area (Å²) >= 11 is 0. The van der Waals surface area contributed by atoms with E-state index in [4.69, 9.17) is 0 Å². The van der Waals surface area contributed by atoms with E-state index in [2.05, 4.69) is 4.74 Å². The maximum absolute atomic E-state index is 13.4. The maximum Gasteiger partial charge on any atom is 0.349 e. The van der Waals surface area contributed by atoms with Gasteiger partial charge in [0, 0.05) is 5.56 Å². The molecule has 0 bridgehead atoms. The second kappa shape index (κ2) is 6.08. The van der Waals surface area contributed by atoms with Crippen LogP contribution in [-0.2, 0) is 9.53 Å². The van der Waals surface area contributed by atoms with Crippen LogP contribution in [0.4, 0.5) is 8.78 Å². The Balaban J connectivity index is 2.69. The topological polar surface area (TPSA) is 43.4 Å². The van der Waals surface area contributed by atoms with Gasteiger partial charge in [0.25, 0.3) is 6.17 Å². The number of carbonyl (C=O) groups is 2. The highest BCUT2D eigenvalue weighted by Gasteiger charge is 2.28. The van der Waals surface area contributed by atoms with E-state index in [9.17, 15) is 18.4 Å². The maximum atomic E-state index is 13.4. The lowest BCUT2D eigenvalue weighted by Crippen LogP contribution is -2.28. The van der Waals surface area contributed by atoms with Crippen LogP contribution in [0.2, 0.25) is 0 Å². The number of hydrogen-bond acceptors (Lipinski definition) is 3. The van der Waals surface area contributed by atoms with Gasteiger partial charge < -0.3 is 4.74 Å². The Morgan fingerprint density at radius 1 is 1.29 bits per heavy atom. The Hall–Kier alpha value is -1.78. The van der Waals surface area contributed by atoms with Crippen molar-refractivity contribution < 1.29 is 23.1 Å². The predicted octanol–water partition coefficient (Wildman–Crippen LogP) is 2.30. The van der Waals surface area contributed by atoms with Crippen LogP contribution < -0.4 is 0 Å². The molecule has 0 saturated heterocycles. The molecule has 0 aliphatic heterocycles. The third kappa shape index (κ3) is 3.62. The van der Waals surface area contributed by atoms with E-state index in [1.807, 2.05) is 0 Å². The van der Waals surface area contributed by atoms with E-state index in [0.717, 1.165) is 24.3 Å². The number of esters is 1. The van der Waals surface area contributed by atoms with Crippen molar-refractivity contribution in [1.82, 2.24) is 0 Å². The molecule has 92 valence electrons.